The van der Waals surface area contributed by atoms with Gasteiger partial charge in [-0.2, -0.15) is 0 Å². The van der Waals surface area contributed by atoms with E-state index in [0.717, 1.165) is 0 Å². The molecule has 1 aromatic carbocycles. The molecule has 0 spiro atoms. The second-order valence-corrected chi connectivity index (χ2v) is 3.90. The minimum Gasteiger partial charge on any atom is -0.129 e. The molecule has 1 rings (SSSR count). The Morgan fingerprint density at radius 1 is 1.33 bits per heavy atom. The van der Waals surface area contributed by atoms with Gasteiger partial charge in [-0.25, -0.2) is 0 Å². The van der Waals surface area contributed by atoms with E-state index in [1.807, 2.05) is 11.8 Å². The molecule has 1 heteroatoms. The van der Waals surface area contributed by atoms with Gasteiger partial charge in [0.15, 0.2) is 0 Å². The third-order valence-electron chi connectivity index (χ3n) is 2.00. The maximum Gasteiger partial charge on any atom is 0.00985 e. The lowest BCUT2D eigenvalue weighted by Gasteiger charge is -2.04. The van der Waals surface area contributed by atoms with Crippen molar-refractivity contribution >= 4 is 11.8 Å². The van der Waals surface area contributed by atoms with Gasteiger partial charge >= 0.3 is 0 Å². The van der Waals surface area contributed by atoms with Crippen LogP contribution in [0.2, 0.25) is 0 Å². The predicted octanol–water partition coefficient (Wildman–Crippen LogP) is 3.67. The average Bonchev–Trinajstić information content (AvgIpc) is 2.05. The summed E-state index contributed by atoms with van der Waals surface area (Å²) in [6, 6.07) is 6.77. The quantitative estimate of drug-likeness (QED) is 0.640. The lowest BCUT2D eigenvalue weighted by molar-refractivity contribution is 0.917. The molecule has 66 valence electrons. The Kier molecular flexibility index (Phi) is 3.67. The SMILES string of the molecule is CCCc1ccc(SC)c(C)c1. The molecule has 0 heterocycles. The zero-order valence-corrected chi connectivity index (χ0v) is 8.87. The minimum atomic E-state index is 1.20. The van der Waals surface area contributed by atoms with Gasteiger partial charge in [0, 0.05) is 4.90 Å². The Hall–Kier alpha value is -0.430. The van der Waals surface area contributed by atoms with E-state index in [2.05, 4.69) is 38.3 Å². The van der Waals surface area contributed by atoms with E-state index in [1.54, 1.807) is 0 Å². The summed E-state index contributed by atoms with van der Waals surface area (Å²) in [6.45, 7) is 4.41. The lowest BCUT2D eigenvalue weighted by atomic mass is 10.1. The molecular weight excluding hydrogens is 164 g/mol. The number of hydrogen-bond acceptors (Lipinski definition) is 1. The van der Waals surface area contributed by atoms with Crippen LogP contribution in [0.25, 0.3) is 0 Å². The second-order valence-electron chi connectivity index (χ2n) is 3.05. The van der Waals surface area contributed by atoms with Crippen molar-refractivity contribution in [1.29, 1.82) is 0 Å². The molecule has 0 aliphatic carbocycles. The molecule has 0 N–H and O–H groups in total. The van der Waals surface area contributed by atoms with E-state index < -0.39 is 0 Å². The molecule has 0 unspecified atom stereocenters. The maximum atomic E-state index is 2.30. The fraction of sp³-hybridized carbons (Fsp3) is 0.455. The van der Waals surface area contributed by atoms with Gasteiger partial charge in [-0.05, 0) is 36.8 Å². The molecule has 0 saturated heterocycles. The van der Waals surface area contributed by atoms with Crippen LogP contribution in [0.4, 0.5) is 0 Å². The summed E-state index contributed by atoms with van der Waals surface area (Å²) in [6.07, 6.45) is 4.56. The number of rotatable bonds is 3. The molecule has 0 atom stereocenters. The van der Waals surface area contributed by atoms with E-state index in [1.165, 1.54) is 28.9 Å². The topological polar surface area (TPSA) is 0 Å². The molecule has 0 radical (unpaired) electrons. The first-order valence-electron chi connectivity index (χ1n) is 4.41. The zero-order chi connectivity index (χ0) is 8.97. The number of thioether (sulfide) groups is 1. The fourth-order valence-corrected chi connectivity index (χ4v) is 1.97. The van der Waals surface area contributed by atoms with E-state index in [9.17, 15) is 0 Å². The van der Waals surface area contributed by atoms with Crippen molar-refractivity contribution in [2.24, 2.45) is 0 Å². The van der Waals surface area contributed by atoms with Crippen LogP contribution in [0.3, 0.4) is 0 Å². The van der Waals surface area contributed by atoms with Crippen LogP contribution in [0.15, 0.2) is 23.1 Å². The summed E-state index contributed by atoms with van der Waals surface area (Å²) in [5.41, 5.74) is 2.88. The van der Waals surface area contributed by atoms with Gasteiger partial charge in [-0.1, -0.05) is 25.5 Å². The minimum absolute atomic E-state index is 1.20. The van der Waals surface area contributed by atoms with Gasteiger partial charge in [0.2, 0.25) is 0 Å². The summed E-state index contributed by atoms with van der Waals surface area (Å²) in [5, 5.41) is 0. The smallest absolute Gasteiger partial charge is 0.00985 e. The average molecular weight is 180 g/mol. The van der Waals surface area contributed by atoms with Gasteiger partial charge in [-0.15, -0.1) is 11.8 Å². The molecule has 0 aliphatic rings. The molecular formula is C11H16S. The first-order valence-corrected chi connectivity index (χ1v) is 5.64. The molecule has 0 nitrogen and oxygen atoms in total. The van der Waals surface area contributed by atoms with Gasteiger partial charge in [0.05, 0.1) is 0 Å². The van der Waals surface area contributed by atoms with Crippen LogP contribution in [0.5, 0.6) is 0 Å². The zero-order valence-electron chi connectivity index (χ0n) is 8.05. The van der Waals surface area contributed by atoms with Crippen molar-refractivity contribution in [2.75, 3.05) is 6.26 Å². The van der Waals surface area contributed by atoms with Gasteiger partial charge in [0.1, 0.15) is 0 Å². The highest BCUT2D eigenvalue weighted by Crippen LogP contribution is 2.20. The summed E-state index contributed by atoms with van der Waals surface area (Å²) < 4.78 is 0. The van der Waals surface area contributed by atoms with E-state index in [0.29, 0.717) is 0 Å². The van der Waals surface area contributed by atoms with Gasteiger partial charge < -0.3 is 0 Å². The van der Waals surface area contributed by atoms with E-state index in [-0.39, 0.29) is 0 Å². The normalized spacial score (nSPS) is 10.2. The Morgan fingerprint density at radius 2 is 2.08 bits per heavy atom. The Labute approximate surface area is 79.4 Å². The van der Waals surface area contributed by atoms with Gasteiger partial charge in [-0.3, -0.25) is 0 Å². The predicted molar refractivity (Wildman–Crippen MR) is 57.0 cm³/mol. The van der Waals surface area contributed by atoms with Crippen LogP contribution >= 0.6 is 11.8 Å². The molecule has 0 fully saturated rings. The Balaban J connectivity index is 2.86. The van der Waals surface area contributed by atoms with Crippen molar-refractivity contribution < 1.29 is 0 Å². The van der Waals surface area contributed by atoms with E-state index >= 15 is 0 Å². The first-order chi connectivity index (χ1) is 5.77. The summed E-state index contributed by atoms with van der Waals surface area (Å²) in [5.74, 6) is 0. The largest absolute Gasteiger partial charge is 0.129 e. The molecule has 0 bridgehead atoms. The number of hydrogen-bond donors (Lipinski definition) is 0. The third kappa shape index (κ3) is 2.28. The molecule has 1 aromatic rings. The maximum absolute atomic E-state index is 2.30. The van der Waals surface area contributed by atoms with Crippen LogP contribution in [0, 0.1) is 6.92 Å². The van der Waals surface area contributed by atoms with Crippen molar-refractivity contribution in [1.82, 2.24) is 0 Å². The highest BCUT2D eigenvalue weighted by molar-refractivity contribution is 7.98. The standard InChI is InChI=1S/C11H16S/c1-4-5-10-6-7-11(12-3)9(2)8-10/h6-8H,4-5H2,1-3H3. The van der Waals surface area contributed by atoms with Crippen LogP contribution < -0.4 is 0 Å². The Bertz CT molecular complexity index is 253. The van der Waals surface area contributed by atoms with Gasteiger partial charge in [0.25, 0.3) is 0 Å². The van der Waals surface area contributed by atoms with Crippen molar-refractivity contribution in [3.05, 3.63) is 29.3 Å². The third-order valence-corrected chi connectivity index (χ3v) is 2.90. The summed E-state index contributed by atoms with van der Waals surface area (Å²) >= 11 is 1.82. The molecule has 0 aromatic heterocycles. The van der Waals surface area contributed by atoms with Crippen LogP contribution in [-0.2, 0) is 6.42 Å². The fourth-order valence-electron chi connectivity index (χ4n) is 1.38. The lowest BCUT2D eigenvalue weighted by Crippen LogP contribution is -1.85. The molecule has 0 saturated carbocycles. The highest BCUT2D eigenvalue weighted by atomic mass is 32.2. The summed E-state index contributed by atoms with van der Waals surface area (Å²) in [4.78, 5) is 1.40. The molecule has 0 amide bonds. The summed E-state index contributed by atoms with van der Waals surface area (Å²) in [7, 11) is 0. The van der Waals surface area contributed by atoms with E-state index in [4.69, 9.17) is 0 Å². The van der Waals surface area contributed by atoms with Crippen molar-refractivity contribution in [3.63, 3.8) is 0 Å². The van der Waals surface area contributed by atoms with Crippen molar-refractivity contribution in [3.8, 4) is 0 Å². The van der Waals surface area contributed by atoms with Crippen molar-refractivity contribution in [2.45, 2.75) is 31.6 Å². The number of benzene rings is 1. The molecule has 12 heavy (non-hydrogen) atoms. The number of aryl methyl sites for hydroxylation is 2. The molecule has 0 aliphatic heterocycles. The second kappa shape index (κ2) is 4.56. The monoisotopic (exact) mass is 180 g/mol. The highest BCUT2D eigenvalue weighted by Gasteiger charge is 1.97. The first kappa shape index (κ1) is 9.66. The van der Waals surface area contributed by atoms with Crippen LogP contribution in [0.1, 0.15) is 24.5 Å². The van der Waals surface area contributed by atoms with Crippen LogP contribution in [-0.4, -0.2) is 6.26 Å². The Morgan fingerprint density at radius 3 is 2.58 bits per heavy atom.